The third-order valence-corrected chi connectivity index (χ3v) is 3.37. The molecule has 5 heteroatoms. The normalized spacial score (nSPS) is 10.7. The van der Waals surface area contributed by atoms with E-state index in [0.29, 0.717) is 18.2 Å². The Bertz CT molecular complexity index is 566. The van der Waals surface area contributed by atoms with Gasteiger partial charge in [0.15, 0.2) is 0 Å². The lowest BCUT2D eigenvalue weighted by Crippen LogP contribution is -2.03. The van der Waals surface area contributed by atoms with Gasteiger partial charge in [0.25, 0.3) is 0 Å². The average molecular weight is 280 g/mol. The lowest BCUT2D eigenvalue weighted by molar-refractivity contribution is 0.295. The number of nitrogens with zero attached hydrogens (tertiary/aromatic N) is 2. The number of halogens is 1. The van der Waals surface area contributed by atoms with Crippen LogP contribution in [0.2, 0.25) is 5.02 Å². The number of hydrogen-bond donors (Lipinski definition) is 1. The molecule has 1 aromatic heterocycles. The second-order valence-electron chi connectivity index (χ2n) is 4.35. The van der Waals surface area contributed by atoms with Gasteiger partial charge in [0.1, 0.15) is 12.4 Å². The quantitative estimate of drug-likeness (QED) is 0.915. The average Bonchev–Trinajstić information content (AvgIpc) is 2.77. The molecule has 0 aliphatic carbocycles. The van der Waals surface area contributed by atoms with Crippen LogP contribution >= 0.6 is 11.6 Å². The second kappa shape index (κ2) is 6.08. The second-order valence-corrected chi connectivity index (χ2v) is 4.76. The first-order valence-electron chi connectivity index (χ1n) is 6.27. The van der Waals surface area contributed by atoms with Crippen molar-refractivity contribution in [2.45, 2.75) is 26.5 Å². The molecule has 0 radical (unpaired) electrons. The highest BCUT2D eigenvalue weighted by atomic mass is 35.5. The van der Waals surface area contributed by atoms with Crippen molar-refractivity contribution >= 4 is 11.6 Å². The summed E-state index contributed by atoms with van der Waals surface area (Å²) in [5.41, 5.74) is 8.59. The van der Waals surface area contributed by atoms with Crippen molar-refractivity contribution in [2.24, 2.45) is 12.8 Å². The summed E-state index contributed by atoms with van der Waals surface area (Å²) in [4.78, 5) is 0. The summed E-state index contributed by atoms with van der Waals surface area (Å²) >= 11 is 6.09. The maximum atomic E-state index is 6.09. The largest absolute Gasteiger partial charge is 0.487 e. The van der Waals surface area contributed by atoms with Gasteiger partial charge in [0.2, 0.25) is 0 Å². The van der Waals surface area contributed by atoms with E-state index in [2.05, 4.69) is 18.1 Å². The topological polar surface area (TPSA) is 53.1 Å². The third-order valence-electron chi connectivity index (χ3n) is 3.02. The summed E-state index contributed by atoms with van der Waals surface area (Å²) in [6, 6.07) is 7.61. The van der Waals surface area contributed by atoms with Crippen LogP contribution in [0.4, 0.5) is 0 Å². The van der Waals surface area contributed by atoms with Gasteiger partial charge in [-0.2, -0.15) is 5.10 Å². The smallest absolute Gasteiger partial charge is 0.130 e. The first kappa shape index (κ1) is 13.9. The van der Waals surface area contributed by atoms with Crippen LogP contribution < -0.4 is 10.5 Å². The number of aromatic nitrogens is 2. The van der Waals surface area contributed by atoms with Crippen LogP contribution in [-0.2, 0) is 26.6 Å². The highest BCUT2D eigenvalue weighted by Gasteiger charge is 2.06. The van der Waals surface area contributed by atoms with E-state index in [1.165, 1.54) is 0 Å². The van der Waals surface area contributed by atoms with Crippen LogP contribution in [0.25, 0.3) is 0 Å². The molecule has 0 saturated carbocycles. The van der Waals surface area contributed by atoms with Gasteiger partial charge >= 0.3 is 0 Å². The first-order chi connectivity index (χ1) is 9.13. The van der Waals surface area contributed by atoms with Crippen LogP contribution in [0.3, 0.4) is 0 Å². The van der Waals surface area contributed by atoms with E-state index in [9.17, 15) is 0 Å². The van der Waals surface area contributed by atoms with Gasteiger partial charge in [-0.1, -0.05) is 24.6 Å². The fourth-order valence-corrected chi connectivity index (χ4v) is 2.07. The zero-order chi connectivity index (χ0) is 13.8. The van der Waals surface area contributed by atoms with Crippen molar-refractivity contribution in [1.29, 1.82) is 0 Å². The maximum absolute atomic E-state index is 6.09. The molecule has 0 unspecified atom stereocenters. The molecule has 19 heavy (non-hydrogen) atoms. The van der Waals surface area contributed by atoms with Crippen molar-refractivity contribution in [3.63, 3.8) is 0 Å². The number of ether oxygens (including phenoxy) is 1. The molecule has 102 valence electrons. The van der Waals surface area contributed by atoms with Gasteiger partial charge in [-0.25, -0.2) is 0 Å². The van der Waals surface area contributed by atoms with Crippen molar-refractivity contribution in [3.05, 3.63) is 46.2 Å². The molecule has 2 rings (SSSR count). The predicted octanol–water partition coefficient (Wildman–Crippen LogP) is 2.67. The van der Waals surface area contributed by atoms with Crippen molar-refractivity contribution < 1.29 is 4.74 Å². The molecule has 1 heterocycles. The minimum atomic E-state index is 0.431. The summed E-state index contributed by atoms with van der Waals surface area (Å²) in [5.74, 6) is 0.737. The van der Waals surface area contributed by atoms with Gasteiger partial charge in [-0.15, -0.1) is 0 Å². The van der Waals surface area contributed by atoms with Gasteiger partial charge in [0, 0.05) is 18.6 Å². The summed E-state index contributed by atoms with van der Waals surface area (Å²) < 4.78 is 7.57. The minimum Gasteiger partial charge on any atom is -0.487 e. The zero-order valence-electron chi connectivity index (χ0n) is 11.2. The summed E-state index contributed by atoms with van der Waals surface area (Å²) in [6.45, 7) is 2.99. The Morgan fingerprint density at radius 2 is 2.16 bits per heavy atom. The van der Waals surface area contributed by atoms with Gasteiger partial charge in [-0.3, -0.25) is 4.68 Å². The fraction of sp³-hybridized carbons (Fsp3) is 0.357. The summed E-state index contributed by atoms with van der Waals surface area (Å²) in [7, 11) is 1.92. The van der Waals surface area contributed by atoms with Crippen molar-refractivity contribution in [3.8, 4) is 5.75 Å². The summed E-state index contributed by atoms with van der Waals surface area (Å²) in [5, 5.41) is 5.02. The number of benzene rings is 1. The highest BCUT2D eigenvalue weighted by molar-refractivity contribution is 6.31. The molecule has 0 aliphatic rings. The Labute approximate surface area is 118 Å². The Hall–Kier alpha value is -1.52. The van der Waals surface area contributed by atoms with Crippen molar-refractivity contribution in [1.82, 2.24) is 9.78 Å². The molecule has 0 bridgehead atoms. The molecule has 0 aliphatic heterocycles. The first-order valence-corrected chi connectivity index (χ1v) is 6.65. The van der Waals surface area contributed by atoms with Gasteiger partial charge < -0.3 is 10.5 Å². The Morgan fingerprint density at radius 1 is 1.37 bits per heavy atom. The number of nitrogens with two attached hydrogens (primary N) is 1. The van der Waals surface area contributed by atoms with Crippen LogP contribution in [0.15, 0.2) is 24.3 Å². The van der Waals surface area contributed by atoms with E-state index in [4.69, 9.17) is 22.1 Å². The molecule has 0 spiro atoms. The SMILES string of the molecule is CCc1cc(COc2ccc(CN)c(Cl)c2)n(C)n1. The van der Waals surface area contributed by atoms with Crippen LogP contribution in [0, 0.1) is 0 Å². The van der Waals surface area contributed by atoms with Crippen LogP contribution in [0.5, 0.6) is 5.75 Å². The molecule has 0 saturated heterocycles. The van der Waals surface area contributed by atoms with E-state index < -0.39 is 0 Å². The monoisotopic (exact) mass is 279 g/mol. The molecule has 0 amide bonds. The Morgan fingerprint density at radius 3 is 2.74 bits per heavy atom. The molecule has 1 aromatic carbocycles. The fourth-order valence-electron chi connectivity index (χ4n) is 1.82. The van der Waals surface area contributed by atoms with E-state index in [0.717, 1.165) is 29.1 Å². The van der Waals surface area contributed by atoms with Crippen molar-refractivity contribution in [2.75, 3.05) is 0 Å². The van der Waals surface area contributed by atoms with Crippen LogP contribution in [-0.4, -0.2) is 9.78 Å². The van der Waals surface area contributed by atoms with Crippen LogP contribution in [0.1, 0.15) is 23.9 Å². The highest BCUT2D eigenvalue weighted by Crippen LogP contribution is 2.23. The number of hydrogen-bond acceptors (Lipinski definition) is 3. The third kappa shape index (κ3) is 3.28. The number of rotatable bonds is 5. The zero-order valence-corrected chi connectivity index (χ0v) is 11.9. The lowest BCUT2D eigenvalue weighted by atomic mass is 10.2. The van der Waals surface area contributed by atoms with E-state index in [-0.39, 0.29) is 0 Å². The van der Waals surface area contributed by atoms with E-state index in [1.54, 1.807) is 6.07 Å². The molecule has 0 atom stereocenters. The molecular weight excluding hydrogens is 262 g/mol. The molecule has 2 aromatic rings. The maximum Gasteiger partial charge on any atom is 0.130 e. The van der Waals surface area contributed by atoms with Gasteiger partial charge in [0.05, 0.1) is 11.4 Å². The Balaban J connectivity index is 2.05. The van der Waals surface area contributed by atoms with E-state index >= 15 is 0 Å². The van der Waals surface area contributed by atoms with E-state index in [1.807, 2.05) is 23.9 Å². The summed E-state index contributed by atoms with van der Waals surface area (Å²) in [6.07, 6.45) is 0.921. The predicted molar refractivity (Wildman–Crippen MR) is 76.3 cm³/mol. The standard InChI is InChI=1S/C14H18ClN3O/c1-3-11-6-12(18(2)17-11)9-19-13-5-4-10(8-16)14(15)7-13/h4-7H,3,8-9,16H2,1-2H3. The molecular formula is C14H18ClN3O. The van der Waals surface area contributed by atoms with Gasteiger partial charge in [-0.05, 0) is 30.2 Å². The molecule has 4 nitrogen and oxygen atoms in total. The molecule has 0 fully saturated rings. The minimum absolute atomic E-state index is 0.431. The number of aryl methyl sites for hydroxylation is 2. The molecule has 2 N–H and O–H groups in total. The lowest BCUT2D eigenvalue weighted by Gasteiger charge is -2.08. The Kier molecular flexibility index (Phi) is 4.45.